The molecule has 0 aliphatic rings. The zero-order chi connectivity index (χ0) is 8.91. The van der Waals surface area contributed by atoms with Gasteiger partial charge in [-0.15, -0.1) is 0 Å². The van der Waals surface area contributed by atoms with Crippen LogP contribution in [0.3, 0.4) is 0 Å². The Morgan fingerprint density at radius 2 is 1.91 bits per heavy atom. The summed E-state index contributed by atoms with van der Waals surface area (Å²) in [4.78, 5) is 9.93. The molecule has 0 aliphatic heterocycles. The van der Waals surface area contributed by atoms with E-state index in [9.17, 15) is 4.79 Å². The van der Waals surface area contributed by atoms with Crippen molar-refractivity contribution in [2.24, 2.45) is 0 Å². The molecule has 0 spiro atoms. The van der Waals surface area contributed by atoms with E-state index in [-0.39, 0.29) is 11.7 Å². The number of hydrogen-bond acceptors (Lipinski definition) is 2. The predicted molar refractivity (Wildman–Crippen MR) is 45.5 cm³/mol. The van der Waals surface area contributed by atoms with Gasteiger partial charge in [0.15, 0.2) is 0 Å². The number of aldehydes is 1. The summed E-state index contributed by atoms with van der Waals surface area (Å²) in [5.41, 5.74) is -0.146. The van der Waals surface area contributed by atoms with Crippen LogP contribution in [0.4, 0.5) is 0 Å². The second-order valence-electron chi connectivity index (χ2n) is 3.46. The van der Waals surface area contributed by atoms with E-state index in [0.717, 1.165) is 6.29 Å². The van der Waals surface area contributed by atoms with Crippen molar-refractivity contribution in [3.63, 3.8) is 0 Å². The van der Waals surface area contributed by atoms with Crippen molar-refractivity contribution < 1.29 is 9.53 Å². The monoisotopic (exact) mass is 156 g/mol. The molecule has 64 valence electrons. The molecule has 11 heavy (non-hydrogen) atoms. The van der Waals surface area contributed by atoms with Gasteiger partial charge >= 0.3 is 0 Å². The van der Waals surface area contributed by atoms with E-state index in [4.69, 9.17) is 4.74 Å². The van der Waals surface area contributed by atoms with Crippen LogP contribution in [-0.2, 0) is 9.53 Å². The molecule has 2 nitrogen and oxygen atoms in total. The van der Waals surface area contributed by atoms with Crippen LogP contribution in [0.2, 0.25) is 0 Å². The summed E-state index contributed by atoms with van der Waals surface area (Å²) in [5.74, 6) is 0. The molecule has 0 fully saturated rings. The summed E-state index contributed by atoms with van der Waals surface area (Å²) in [7, 11) is 0. The fourth-order valence-electron chi connectivity index (χ4n) is 0.799. The molecule has 0 aromatic carbocycles. The van der Waals surface area contributed by atoms with Crippen LogP contribution in [0.25, 0.3) is 0 Å². The topological polar surface area (TPSA) is 26.3 Å². The van der Waals surface area contributed by atoms with Crippen LogP contribution in [0, 0.1) is 0 Å². The molecule has 0 aliphatic carbocycles. The normalized spacial score (nSPS) is 15.3. The van der Waals surface area contributed by atoms with Crippen molar-refractivity contribution in [1.82, 2.24) is 0 Å². The quantitative estimate of drug-likeness (QED) is 0.461. The summed E-state index contributed by atoms with van der Waals surface area (Å²) >= 11 is 0. The third-order valence-corrected chi connectivity index (χ3v) is 1.00. The van der Waals surface area contributed by atoms with E-state index in [2.05, 4.69) is 0 Å². The Morgan fingerprint density at radius 1 is 1.36 bits per heavy atom. The average Bonchev–Trinajstić information content (AvgIpc) is 1.79. The van der Waals surface area contributed by atoms with Crippen LogP contribution in [0.15, 0.2) is 12.2 Å². The molecule has 0 aromatic heterocycles. The van der Waals surface area contributed by atoms with Gasteiger partial charge in [-0.3, -0.25) is 4.79 Å². The number of allylic oxidation sites excluding steroid dienone is 1. The van der Waals surface area contributed by atoms with Crippen molar-refractivity contribution >= 4 is 6.29 Å². The van der Waals surface area contributed by atoms with Gasteiger partial charge in [0.1, 0.15) is 6.29 Å². The number of hydrogen-bond donors (Lipinski definition) is 0. The van der Waals surface area contributed by atoms with Gasteiger partial charge in [0.2, 0.25) is 0 Å². The Hall–Kier alpha value is -0.630. The van der Waals surface area contributed by atoms with Gasteiger partial charge in [-0.1, -0.05) is 6.08 Å². The van der Waals surface area contributed by atoms with Crippen molar-refractivity contribution in [3.8, 4) is 0 Å². The minimum absolute atomic E-state index is 0.000185. The highest BCUT2D eigenvalue weighted by atomic mass is 16.5. The molecular formula is C9H16O2. The lowest BCUT2D eigenvalue weighted by Gasteiger charge is -2.22. The van der Waals surface area contributed by atoms with Crippen molar-refractivity contribution in [2.45, 2.75) is 39.4 Å². The van der Waals surface area contributed by atoms with Crippen LogP contribution >= 0.6 is 0 Å². The standard InChI is InChI=1S/C9H16O2/c1-8(6-5-7-10)11-9(2,3)4/h5-8H,1-4H3/b6-5+. The SMILES string of the molecule is CC(/C=C/C=O)OC(C)(C)C. The van der Waals surface area contributed by atoms with E-state index in [1.807, 2.05) is 27.7 Å². The molecule has 0 aromatic rings. The van der Waals surface area contributed by atoms with Gasteiger partial charge in [0.05, 0.1) is 11.7 Å². The van der Waals surface area contributed by atoms with E-state index >= 15 is 0 Å². The maximum atomic E-state index is 9.93. The molecule has 0 bridgehead atoms. The molecule has 1 atom stereocenters. The van der Waals surface area contributed by atoms with Crippen molar-refractivity contribution in [3.05, 3.63) is 12.2 Å². The number of carbonyl (C=O) groups is 1. The number of carbonyl (C=O) groups excluding carboxylic acids is 1. The second kappa shape index (κ2) is 4.29. The largest absolute Gasteiger partial charge is 0.369 e. The third-order valence-electron chi connectivity index (χ3n) is 1.00. The van der Waals surface area contributed by atoms with Gasteiger partial charge in [0, 0.05) is 0 Å². The third kappa shape index (κ3) is 7.26. The first-order chi connectivity index (χ1) is 4.95. The van der Waals surface area contributed by atoms with Gasteiger partial charge in [-0.2, -0.15) is 0 Å². The maximum absolute atomic E-state index is 9.93. The summed E-state index contributed by atoms with van der Waals surface area (Å²) < 4.78 is 5.49. The van der Waals surface area contributed by atoms with E-state index in [1.54, 1.807) is 6.08 Å². The zero-order valence-corrected chi connectivity index (χ0v) is 7.63. The van der Waals surface area contributed by atoms with E-state index in [1.165, 1.54) is 6.08 Å². The Balaban J connectivity index is 3.78. The summed E-state index contributed by atoms with van der Waals surface area (Å²) in [5, 5.41) is 0. The lowest BCUT2D eigenvalue weighted by atomic mass is 10.2. The van der Waals surface area contributed by atoms with Crippen molar-refractivity contribution in [2.75, 3.05) is 0 Å². The average molecular weight is 156 g/mol. The molecule has 0 saturated carbocycles. The molecular weight excluding hydrogens is 140 g/mol. The van der Waals surface area contributed by atoms with E-state index < -0.39 is 0 Å². The predicted octanol–water partition coefficient (Wildman–Crippen LogP) is 1.95. The molecule has 0 rings (SSSR count). The first-order valence-electron chi connectivity index (χ1n) is 3.75. The minimum Gasteiger partial charge on any atom is -0.369 e. The molecule has 0 saturated heterocycles. The molecule has 0 radical (unpaired) electrons. The van der Waals surface area contributed by atoms with E-state index in [0.29, 0.717) is 0 Å². The van der Waals surface area contributed by atoms with Gasteiger partial charge in [-0.05, 0) is 33.8 Å². The number of ether oxygens (including phenoxy) is 1. The second-order valence-corrected chi connectivity index (χ2v) is 3.46. The number of rotatable bonds is 3. The zero-order valence-electron chi connectivity index (χ0n) is 7.63. The fourth-order valence-corrected chi connectivity index (χ4v) is 0.799. The Labute approximate surface area is 68.2 Å². The molecule has 0 N–H and O–H groups in total. The molecule has 2 heteroatoms. The molecule has 1 unspecified atom stereocenters. The smallest absolute Gasteiger partial charge is 0.142 e. The Kier molecular flexibility index (Phi) is 4.04. The first-order valence-corrected chi connectivity index (χ1v) is 3.75. The van der Waals surface area contributed by atoms with Crippen LogP contribution < -0.4 is 0 Å². The molecule has 0 heterocycles. The Morgan fingerprint density at radius 3 is 2.27 bits per heavy atom. The lowest BCUT2D eigenvalue weighted by Crippen LogP contribution is -2.24. The highest BCUT2D eigenvalue weighted by molar-refractivity contribution is 5.64. The van der Waals surface area contributed by atoms with Gasteiger partial charge < -0.3 is 4.74 Å². The highest BCUT2D eigenvalue weighted by Crippen LogP contribution is 2.10. The van der Waals surface area contributed by atoms with Crippen molar-refractivity contribution in [1.29, 1.82) is 0 Å². The van der Waals surface area contributed by atoms with Crippen LogP contribution in [-0.4, -0.2) is 18.0 Å². The van der Waals surface area contributed by atoms with Gasteiger partial charge in [0.25, 0.3) is 0 Å². The molecule has 0 amide bonds. The van der Waals surface area contributed by atoms with Crippen LogP contribution in [0.5, 0.6) is 0 Å². The summed E-state index contributed by atoms with van der Waals surface area (Å²) in [6.07, 6.45) is 3.94. The fraction of sp³-hybridized carbons (Fsp3) is 0.667. The first kappa shape index (κ1) is 10.4. The van der Waals surface area contributed by atoms with Crippen LogP contribution in [0.1, 0.15) is 27.7 Å². The highest BCUT2D eigenvalue weighted by Gasteiger charge is 2.12. The Bertz CT molecular complexity index is 142. The summed E-state index contributed by atoms with van der Waals surface area (Å²) in [6.45, 7) is 7.86. The summed E-state index contributed by atoms with van der Waals surface area (Å²) in [6, 6.07) is 0. The lowest BCUT2D eigenvalue weighted by molar-refractivity contribution is -0.104. The maximum Gasteiger partial charge on any atom is 0.142 e. The van der Waals surface area contributed by atoms with Gasteiger partial charge in [-0.25, -0.2) is 0 Å². The minimum atomic E-state index is -0.146.